The molecule has 2 saturated carbocycles. The van der Waals surface area contributed by atoms with E-state index >= 15 is 0 Å². The number of aliphatic carboxylic acids is 1. The van der Waals surface area contributed by atoms with E-state index in [1.165, 1.54) is 15.8 Å². The molecule has 0 unspecified atom stereocenters. The lowest BCUT2D eigenvalue weighted by molar-refractivity contribution is -0.137. The van der Waals surface area contributed by atoms with Crippen molar-refractivity contribution < 1.29 is 19.4 Å². The molecule has 2 aromatic rings. The van der Waals surface area contributed by atoms with Crippen LogP contribution >= 0.6 is 0 Å². The summed E-state index contributed by atoms with van der Waals surface area (Å²) >= 11 is 0. The molecule has 0 spiro atoms. The molecule has 2 fully saturated rings. The van der Waals surface area contributed by atoms with Crippen LogP contribution in [0.3, 0.4) is 0 Å². The largest absolute Gasteiger partial charge is 0.480 e. The van der Waals surface area contributed by atoms with E-state index in [2.05, 4.69) is 47.3 Å². The number of amides is 1. The van der Waals surface area contributed by atoms with Gasteiger partial charge in [-0.3, -0.25) is 9.48 Å². The van der Waals surface area contributed by atoms with Crippen LogP contribution in [0.2, 0.25) is 0 Å². The minimum absolute atomic E-state index is 0.103. The van der Waals surface area contributed by atoms with Gasteiger partial charge >= 0.3 is 12.1 Å². The first kappa shape index (κ1) is 27.9. The summed E-state index contributed by atoms with van der Waals surface area (Å²) in [5.41, 5.74) is 3.19. The van der Waals surface area contributed by atoms with E-state index in [-0.39, 0.29) is 24.7 Å². The molecule has 0 saturated heterocycles. The summed E-state index contributed by atoms with van der Waals surface area (Å²) in [6, 6.07) is 10.9. The second-order valence-corrected chi connectivity index (χ2v) is 11.9. The lowest BCUT2D eigenvalue weighted by atomic mass is 9.82. The summed E-state index contributed by atoms with van der Waals surface area (Å²) in [5, 5.41) is 13.1. The van der Waals surface area contributed by atoms with Crippen molar-refractivity contribution in [1.82, 2.24) is 14.7 Å². The lowest BCUT2D eigenvalue weighted by Crippen LogP contribution is -2.47. The van der Waals surface area contributed by atoms with Gasteiger partial charge in [-0.1, -0.05) is 48.9 Å². The number of ether oxygens (including phenoxy) is 1. The van der Waals surface area contributed by atoms with E-state index in [1.807, 2.05) is 33.0 Å². The molecule has 1 heterocycles. The maximum absolute atomic E-state index is 13.5. The van der Waals surface area contributed by atoms with Crippen LogP contribution in [0.15, 0.2) is 48.3 Å². The fourth-order valence-corrected chi connectivity index (χ4v) is 5.84. The number of aromatic nitrogens is 2. The van der Waals surface area contributed by atoms with Crippen molar-refractivity contribution in [3.63, 3.8) is 0 Å². The van der Waals surface area contributed by atoms with Crippen molar-refractivity contribution in [1.29, 1.82) is 0 Å². The van der Waals surface area contributed by atoms with Crippen molar-refractivity contribution in [2.75, 3.05) is 0 Å². The third-order valence-corrected chi connectivity index (χ3v) is 7.79. The number of nitrogens with zero attached hydrogens (tertiary/aromatic N) is 3. The summed E-state index contributed by atoms with van der Waals surface area (Å²) in [4.78, 5) is 26.5. The summed E-state index contributed by atoms with van der Waals surface area (Å²) in [6.45, 7) is 7.92. The molecule has 7 heteroatoms. The Morgan fingerprint density at radius 1 is 1.16 bits per heavy atom. The van der Waals surface area contributed by atoms with Crippen LogP contribution in [-0.2, 0) is 22.5 Å². The number of carbonyl (C=O) groups is 2. The zero-order valence-electron chi connectivity index (χ0n) is 23.3. The van der Waals surface area contributed by atoms with Gasteiger partial charge in [-0.2, -0.15) is 5.10 Å². The molecule has 0 aliphatic heterocycles. The first-order valence-corrected chi connectivity index (χ1v) is 14.1. The number of carboxylic acids is 1. The van der Waals surface area contributed by atoms with E-state index in [1.54, 1.807) is 6.20 Å². The quantitative estimate of drug-likeness (QED) is 0.382. The number of carboxylic acid groups (broad SMARTS) is 1. The average molecular weight is 522 g/mol. The molecule has 206 valence electrons. The van der Waals surface area contributed by atoms with Crippen LogP contribution in [0.25, 0.3) is 6.08 Å². The van der Waals surface area contributed by atoms with Gasteiger partial charge in [-0.05, 0) is 89.2 Å². The average Bonchev–Trinajstić information content (AvgIpc) is 3.50. The Morgan fingerprint density at radius 2 is 1.87 bits per heavy atom. The Bertz CT molecular complexity index is 1110. The van der Waals surface area contributed by atoms with Gasteiger partial charge in [0.15, 0.2) is 0 Å². The third-order valence-electron chi connectivity index (χ3n) is 7.79. The molecule has 4 rings (SSSR count). The first-order chi connectivity index (χ1) is 18.1. The molecule has 1 amide bonds. The number of carbonyl (C=O) groups excluding carboxylic acids is 1. The van der Waals surface area contributed by atoms with Crippen molar-refractivity contribution in [3.8, 4) is 0 Å². The highest BCUT2D eigenvalue weighted by molar-refractivity contribution is 5.70. The number of rotatable bonds is 10. The van der Waals surface area contributed by atoms with Gasteiger partial charge in [-0.15, -0.1) is 0 Å². The van der Waals surface area contributed by atoms with E-state index in [0.717, 1.165) is 56.9 Å². The summed E-state index contributed by atoms with van der Waals surface area (Å²) in [7, 11) is 0. The van der Waals surface area contributed by atoms with Gasteiger partial charge in [-0.25, -0.2) is 4.79 Å². The van der Waals surface area contributed by atoms with E-state index in [9.17, 15) is 9.59 Å². The zero-order valence-corrected chi connectivity index (χ0v) is 23.3. The molecule has 2 aliphatic rings. The van der Waals surface area contributed by atoms with E-state index < -0.39 is 11.6 Å². The van der Waals surface area contributed by atoms with Crippen LogP contribution < -0.4 is 0 Å². The molecule has 0 bridgehead atoms. The summed E-state index contributed by atoms with van der Waals surface area (Å²) < 4.78 is 7.40. The molecule has 7 nitrogen and oxygen atoms in total. The Kier molecular flexibility index (Phi) is 8.95. The highest BCUT2D eigenvalue weighted by Gasteiger charge is 2.49. The lowest BCUT2D eigenvalue weighted by Gasteiger charge is -2.38. The number of hydrogen-bond acceptors (Lipinski definition) is 4. The van der Waals surface area contributed by atoms with Crippen LogP contribution in [0.4, 0.5) is 4.79 Å². The first-order valence-electron chi connectivity index (χ1n) is 14.1. The van der Waals surface area contributed by atoms with Crippen molar-refractivity contribution in [2.45, 2.75) is 103 Å². The van der Waals surface area contributed by atoms with Gasteiger partial charge in [0, 0.05) is 24.2 Å². The molecular weight excluding hydrogens is 478 g/mol. The van der Waals surface area contributed by atoms with Gasteiger partial charge < -0.3 is 14.7 Å². The number of aryl methyl sites for hydroxylation is 1. The maximum atomic E-state index is 13.5. The van der Waals surface area contributed by atoms with Crippen molar-refractivity contribution in [3.05, 3.63) is 59.4 Å². The standard InChI is InChI=1S/C31H43N3O4/c1-5-25(17-23-9-7-6-8-10-23)27-18-28(27)34(30(37)38-31(2,3)4)26-15-13-22(14-16-26)11-12-24-19-32-33(20-24)21-29(35)36/h6-10,17,19-20,22,26-28H,5,11-16,18,21H2,1-4H3,(H,35,36)/b25-17+/t22?,26?,27-,28+/m0/s1. The van der Waals surface area contributed by atoms with Crippen LogP contribution in [0, 0.1) is 11.8 Å². The molecule has 0 radical (unpaired) electrons. The van der Waals surface area contributed by atoms with Gasteiger partial charge in [0.25, 0.3) is 0 Å². The molecule has 38 heavy (non-hydrogen) atoms. The molecular formula is C31H43N3O4. The van der Waals surface area contributed by atoms with Crippen molar-refractivity contribution >= 4 is 18.1 Å². The monoisotopic (exact) mass is 521 g/mol. The molecule has 1 N–H and O–H groups in total. The van der Waals surface area contributed by atoms with Crippen LogP contribution in [-0.4, -0.2) is 49.5 Å². The highest BCUT2D eigenvalue weighted by Crippen LogP contribution is 2.46. The SMILES string of the molecule is CC/C(=C\c1ccccc1)[C@@H]1C[C@H]1N(C(=O)OC(C)(C)C)C1CCC(CCc2cnn(CC(=O)O)c2)CC1. The summed E-state index contributed by atoms with van der Waals surface area (Å²) in [5.74, 6) is 0.119. The zero-order chi connectivity index (χ0) is 27.3. The normalized spacial score (nSPS) is 23.6. The number of hydrogen-bond donors (Lipinski definition) is 1. The fourth-order valence-electron chi connectivity index (χ4n) is 5.84. The molecule has 2 aliphatic carbocycles. The topological polar surface area (TPSA) is 84.7 Å². The predicted octanol–water partition coefficient (Wildman–Crippen LogP) is 6.58. The van der Waals surface area contributed by atoms with E-state index in [0.29, 0.717) is 11.8 Å². The van der Waals surface area contributed by atoms with Gasteiger partial charge in [0.05, 0.1) is 6.20 Å². The Morgan fingerprint density at radius 3 is 2.50 bits per heavy atom. The molecule has 1 aromatic carbocycles. The minimum Gasteiger partial charge on any atom is -0.480 e. The maximum Gasteiger partial charge on any atom is 0.410 e. The third kappa shape index (κ3) is 7.71. The number of benzene rings is 1. The van der Waals surface area contributed by atoms with Gasteiger partial charge in [0.2, 0.25) is 0 Å². The smallest absolute Gasteiger partial charge is 0.410 e. The predicted molar refractivity (Wildman–Crippen MR) is 149 cm³/mol. The van der Waals surface area contributed by atoms with Crippen molar-refractivity contribution in [2.24, 2.45) is 11.8 Å². The van der Waals surface area contributed by atoms with Crippen LogP contribution in [0.1, 0.15) is 83.8 Å². The Hall–Kier alpha value is -3.09. The minimum atomic E-state index is -0.882. The second kappa shape index (κ2) is 12.2. The highest BCUT2D eigenvalue weighted by atomic mass is 16.6. The molecule has 1 aromatic heterocycles. The molecule has 2 atom stereocenters. The second-order valence-electron chi connectivity index (χ2n) is 11.9. The Balaban J connectivity index is 1.37. The Labute approximate surface area is 226 Å². The summed E-state index contributed by atoms with van der Waals surface area (Å²) in [6.07, 6.45) is 13.9. The van der Waals surface area contributed by atoms with E-state index in [4.69, 9.17) is 9.84 Å². The van der Waals surface area contributed by atoms with Crippen LogP contribution in [0.5, 0.6) is 0 Å². The van der Waals surface area contributed by atoms with Gasteiger partial charge in [0.1, 0.15) is 12.1 Å². The fraction of sp³-hybridized carbons (Fsp3) is 0.581.